The minimum atomic E-state index is -2.85. The second-order valence-electron chi connectivity index (χ2n) is 3.18. The van der Waals surface area contributed by atoms with E-state index in [1.807, 2.05) is 0 Å². The number of ether oxygens (including phenoxy) is 1. The van der Waals surface area contributed by atoms with Crippen LogP contribution in [-0.2, 0) is 11.3 Å². The number of aromatic nitrogens is 1. The molecule has 0 bridgehead atoms. The summed E-state index contributed by atoms with van der Waals surface area (Å²) in [5, 5.41) is 0. The SMILES string of the molecule is CCOC(=O)c1c(CN)cnc(C(F)F)c1N. The lowest BCUT2D eigenvalue weighted by atomic mass is 10.1. The molecule has 0 atom stereocenters. The Bertz CT molecular complexity index is 424. The zero-order valence-electron chi connectivity index (χ0n) is 9.24. The Morgan fingerprint density at radius 1 is 1.59 bits per heavy atom. The minimum Gasteiger partial charge on any atom is -0.462 e. The molecule has 1 aromatic heterocycles. The van der Waals surface area contributed by atoms with E-state index in [9.17, 15) is 13.6 Å². The van der Waals surface area contributed by atoms with Gasteiger partial charge < -0.3 is 16.2 Å². The first kappa shape index (κ1) is 13.3. The molecule has 7 heteroatoms. The second-order valence-corrected chi connectivity index (χ2v) is 3.18. The number of rotatable bonds is 4. The van der Waals surface area contributed by atoms with E-state index in [-0.39, 0.29) is 30.0 Å². The van der Waals surface area contributed by atoms with Gasteiger partial charge in [0.15, 0.2) is 0 Å². The molecule has 5 nitrogen and oxygen atoms in total. The Morgan fingerprint density at radius 3 is 2.71 bits per heavy atom. The van der Waals surface area contributed by atoms with Crippen molar-refractivity contribution in [1.29, 1.82) is 0 Å². The number of nitrogens with zero attached hydrogens (tertiary/aromatic N) is 1. The average molecular weight is 245 g/mol. The number of alkyl halides is 2. The van der Waals surface area contributed by atoms with Crippen LogP contribution in [0.1, 0.15) is 35.0 Å². The van der Waals surface area contributed by atoms with E-state index in [0.29, 0.717) is 0 Å². The van der Waals surface area contributed by atoms with Crippen molar-refractivity contribution in [1.82, 2.24) is 4.98 Å². The van der Waals surface area contributed by atoms with Gasteiger partial charge in [-0.3, -0.25) is 4.98 Å². The predicted octanol–water partition coefficient (Wildman–Crippen LogP) is 1.24. The van der Waals surface area contributed by atoms with Crippen LogP contribution in [0, 0.1) is 0 Å². The van der Waals surface area contributed by atoms with Gasteiger partial charge in [0.1, 0.15) is 5.69 Å². The van der Waals surface area contributed by atoms with Gasteiger partial charge in [-0.1, -0.05) is 0 Å². The van der Waals surface area contributed by atoms with Crippen molar-refractivity contribution in [2.24, 2.45) is 5.73 Å². The van der Waals surface area contributed by atoms with Gasteiger partial charge in [-0.05, 0) is 6.92 Å². The summed E-state index contributed by atoms with van der Waals surface area (Å²) in [5.74, 6) is -0.769. The Morgan fingerprint density at radius 2 is 2.24 bits per heavy atom. The summed E-state index contributed by atoms with van der Waals surface area (Å²) in [6.07, 6.45) is -1.74. The Labute approximate surface area is 96.8 Å². The van der Waals surface area contributed by atoms with Gasteiger partial charge in [-0.25, -0.2) is 13.6 Å². The molecular weight excluding hydrogens is 232 g/mol. The molecule has 1 rings (SSSR count). The monoisotopic (exact) mass is 245 g/mol. The van der Waals surface area contributed by atoms with Gasteiger partial charge in [0, 0.05) is 18.3 Å². The van der Waals surface area contributed by atoms with Gasteiger partial charge in [0.05, 0.1) is 17.9 Å². The van der Waals surface area contributed by atoms with Crippen LogP contribution in [0.3, 0.4) is 0 Å². The Balaban J connectivity index is 3.32. The van der Waals surface area contributed by atoms with Crippen LogP contribution in [0.25, 0.3) is 0 Å². The third-order valence-electron chi connectivity index (χ3n) is 2.13. The first-order chi connectivity index (χ1) is 8.02. The fourth-order valence-electron chi connectivity index (χ4n) is 1.36. The molecule has 17 heavy (non-hydrogen) atoms. The number of carbonyl (C=O) groups is 1. The molecule has 0 radical (unpaired) electrons. The fraction of sp³-hybridized carbons (Fsp3) is 0.400. The Kier molecular flexibility index (Phi) is 4.33. The van der Waals surface area contributed by atoms with Crippen LogP contribution in [0.5, 0.6) is 0 Å². The highest BCUT2D eigenvalue weighted by Crippen LogP contribution is 2.28. The van der Waals surface area contributed by atoms with Crippen LogP contribution >= 0.6 is 0 Å². The molecule has 0 saturated heterocycles. The zero-order chi connectivity index (χ0) is 13.0. The topological polar surface area (TPSA) is 91.2 Å². The number of carbonyl (C=O) groups excluding carboxylic acids is 1. The molecule has 94 valence electrons. The lowest BCUT2D eigenvalue weighted by molar-refractivity contribution is 0.0525. The molecule has 0 aromatic carbocycles. The molecule has 0 fully saturated rings. The van der Waals surface area contributed by atoms with Gasteiger partial charge in [0.25, 0.3) is 6.43 Å². The van der Waals surface area contributed by atoms with Crippen molar-refractivity contribution in [2.45, 2.75) is 19.9 Å². The number of hydrogen-bond acceptors (Lipinski definition) is 5. The largest absolute Gasteiger partial charge is 0.462 e. The third kappa shape index (κ3) is 2.68. The lowest BCUT2D eigenvalue weighted by Crippen LogP contribution is -2.16. The smallest absolute Gasteiger partial charge is 0.340 e. The highest BCUT2D eigenvalue weighted by Gasteiger charge is 2.23. The van der Waals surface area contributed by atoms with Crippen molar-refractivity contribution in [3.05, 3.63) is 23.0 Å². The van der Waals surface area contributed by atoms with Crippen molar-refractivity contribution in [3.8, 4) is 0 Å². The predicted molar refractivity (Wildman–Crippen MR) is 57.5 cm³/mol. The lowest BCUT2D eigenvalue weighted by Gasteiger charge is -2.12. The van der Waals surface area contributed by atoms with Crippen molar-refractivity contribution in [3.63, 3.8) is 0 Å². The summed E-state index contributed by atoms with van der Waals surface area (Å²) in [5.41, 5.74) is 10.0. The maximum Gasteiger partial charge on any atom is 0.340 e. The van der Waals surface area contributed by atoms with Gasteiger partial charge >= 0.3 is 5.97 Å². The fourth-order valence-corrected chi connectivity index (χ4v) is 1.36. The van der Waals surface area contributed by atoms with E-state index in [1.54, 1.807) is 6.92 Å². The first-order valence-electron chi connectivity index (χ1n) is 4.95. The average Bonchev–Trinajstić information content (AvgIpc) is 2.27. The highest BCUT2D eigenvalue weighted by molar-refractivity contribution is 5.97. The van der Waals surface area contributed by atoms with E-state index < -0.39 is 18.1 Å². The van der Waals surface area contributed by atoms with E-state index >= 15 is 0 Å². The summed E-state index contributed by atoms with van der Waals surface area (Å²) < 4.78 is 29.9. The van der Waals surface area contributed by atoms with Gasteiger partial charge in [-0.15, -0.1) is 0 Å². The third-order valence-corrected chi connectivity index (χ3v) is 2.13. The number of esters is 1. The molecule has 1 heterocycles. The first-order valence-corrected chi connectivity index (χ1v) is 4.95. The maximum absolute atomic E-state index is 12.6. The molecule has 0 unspecified atom stereocenters. The van der Waals surface area contributed by atoms with Crippen LogP contribution in [0.15, 0.2) is 6.20 Å². The van der Waals surface area contributed by atoms with Crippen molar-refractivity contribution >= 4 is 11.7 Å². The molecule has 1 aromatic rings. The van der Waals surface area contributed by atoms with E-state index in [1.165, 1.54) is 0 Å². The zero-order valence-corrected chi connectivity index (χ0v) is 9.24. The second kappa shape index (κ2) is 5.53. The highest BCUT2D eigenvalue weighted by atomic mass is 19.3. The summed E-state index contributed by atoms with van der Waals surface area (Å²) in [6, 6.07) is 0. The number of hydrogen-bond donors (Lipinski definition) is 2. The summed E-state index contributed by atoms with van der Waals surface area (Å²) in [7, 11) is 0. The molecular formula is C10H13F2N3O2. The molecule has 0 aliphatic rings. The molecule has 0 spiro atoms. The standard InChI is InChI=1S/C10H13F2N3O2/c1-2-17-10(16)6-5(3-13)4-15-8(7(6)14)9(11)12/h4,9H,2-3,13-14H2,1H3. The molecule has 0 amide bonds. The Hall–Kier alpha value is -1.76. The van der Waals surface area contributed by atoms with E-state index in [4.69, 9.17) is 16.2 Å². The van der Waals surface area contributed by atoms with Gasteiger partial charge in [-0.2, -0.15) is 0 Å². The van der Waals surface area contributed by atoms with Gasteiger partial charge in [0.2, 0.25) is 0 Å². The maximum atomic E-state index is 12.6. The van der Waals surface area contributed by atoms with E-state index in [2.05, 4.69) is 4.98 Å². The number of halogens is 2. The molecule has 0 aliphatic heterocycles. The van der Waals surface area contributed by atoms with Crippen molar-refractivity contribution < 1.29 is 18.3 Å². The summed E-state index contributed by atoms with van der Waals surface area (Å²) in [6.45, 7) is 1.69. The normalized spacial score (nSPS) is 10.6. The minimum absolute atomic E-state index is 0.0329. The number of pyridine rings is 1. The summed E-state index contributed by atoms with van der Waals surface area (Å²) >= 11 is 0. The molecule has 4 N–H and O–H groups in total. The number of nitrogens with two attached hydrogens (primary N) is 2. The quantitative estimate of drug-likeness (QED) is 0.778. The summed E-state index contributed by atoms with van der Waals surface area (Å²) in [4.78, 5) is 15.1. The molecule has 0 saturated carbocycles. The van der Waals surface area contributed by atoms with Crippen LogP contribution in [0.4, 0.5) is 14.5 Å². The van der Waals surface area contributed by atoms with E-state index in [0.717, 1.165) is 6.20 Å². The number of anilines is 1. The van der Waals surface area contributed by atoms with Crippen molar-refractivity contribution in [2.75, 3.05) is 12.3 Å². The number of nitrogen functional groups attached to an aromatic ring is 1. The van der Waals surface area contributed by atoms with Crippen LogP contribution in [0.2, 0.25) is 0 Å². The van der Waals surface area contributed by atoms with Crippen LogP contribution < -0.4 is 11.5 Å². The molecule has 0 aliphatic carbocycles. The van der Waals surface area contributed by atoms with Crippen LogP contribution in [-0.4, -0.2) is 17.6 Å².